The first-order chi connectivity index (χ1) is 7.34. The van der Waals surface area contributed by atoms with Crippen molar-refractivity contribution in [3.05, 3.63) is 17.9 Å². The zero-order valence-electron chi connectivity index (χ0n) is 9.57. The minimum atomic E-state index is -1.10. The second kappa shape index (κ2) is 4.31. The van der Waals surface area contributed by atoms with E-state index >= 15 is 0 Å². The van der Waals surface area contributed by atoms with Crippen LogP contribution in [0.15, 0.2) is 16.5 Å². The quantitative estimate of drug-likeness (QED) is 0.769. The molecule has 4 heteroatoms. The molecule has 1 aromatic heterocycles. The molecule has 0 bridgehead atoms. The topological polar surface area (TPSA) is 62.5 Å². The van der Waals surface area contributed by atoms with Gasteiger partial charge in [0.1, 0.15) is 0 Å². The van der Waals surface area contributed by atoms with Crippen molar-refractivity contribution in [3.63, 3.8) is 0 Å². The summed E-state index contributed by atoms with van der Waals surface area (Å²) in [5.41, 5.74) is -0.134. The van der Waals surface area contributed by atoms with E-state index in [1.165, 1.54) is 6.07 Å². The van der Waals surface area contributed by atoms with E-state index in [2.05, 4.69) is 11.2 Å². The van der Waals surface area contributed by atoms with E-state index in [1.54, 1.807) is 6.07 Å². The van der Waals surface area contributed by atoms with Gasteiger partial charge in [-0.2, -0.15) is 0 Å². The number of anilines is 1. The van der Waals surface area contributed by atoms with Crippen LogP contribution in [-0.2, 0) is 0 Å². The van der Waals surface area contributed by atoms with Crippen LogP contribution in [0.3, 0.4) is 0 Å². The third kappa shape index (κ3) is 2.80. The second-order valence-electron chi connectivity index (χ2n) is 4.58. The van der Waals surface area contributed by atoms with Gasteiger partial charge in [-0.3, -0.25) is 0 Å². The number of nitrogens with one attached hydrogen (secondary N) is 1. The van der Waals surface area contributed by atoms with Crippen molar-refractivity contribution >= 4 is 11.9 Å². The number of furan rings is 1. The first kappa shape index (κ1) is 12.2. The van der Waals surface area contributed by atoms with E-state index in [0.29, 0.717) is 5.88 Å². The first-order valence-electron chi connectivity index (χ1n) is 4.90. The maximum absolute atomic E-state index is 10.6. The van der Waals surface area contributed by atoms with Crippen LogP contribution in [0.4, 0.5) is 5.88 Å². The standard InChI is InChI=1S/C12H15NO3/c1-5-9(12(2,3)4)13-10-7-6-8(16-10)11(14)15/h1,6-7,9,13H,2-4H3,(H,14,15). The van der Waals surface area contributed by atoms with Crippen LogP contribution in [-0.4, -0.2) is 17.1 Å². The monoisotopic (exact) mass is 221 g/mol. The minimum absolute atomic E-state index is 0.104. The maximum atomic E-state index is 10.6. The van der Waals surface area contributed by atoms with Crippen LogP contribution in [0.25, 0.3) is 0 Å². The Hall–Kier alpha value is -1.89. The number of terminal acetylenes is 1. The molecule has 4 nitrogen and oxygen atoms in total. The fraction of sp³-hybridized carbons (Fsp3) is 0.417. The van der Waals surface area contributed by atoms with Gasteiger partial charge in [-0.25, -0.2) is 4.79 Å². The molecule has 1 heterocycles. The Morgan fingerprint density at radius 3 is 2.56 bits per heavy atom. The molecule has 0 aliphatic rings. The molecule has 0 saturated heterocycles. The van der Waals surface area contributed by atoms with E-state index in [4.69, 9.17) is 15.9 Å². The van der Waals surface area contributed by atoms with Crippen molar-refractivity contribution < 1.29 is 14.3 Å². The molecule has 1 aromatic rings. The molecule has 1 rings (SSSR count). The zero-order valence-corrected chi connectivity index (χ0v) is 9.57. The van der Waals surface area contributed by atoms with E-state index in [1.807, 2.05) is 20.8 Å². The third-order valence-electron chi connectivity index (χ3n) is 2.14. The molecule has 2 N–H and O–H groups in total. The van der Waals surface area contributed by atoms with Crippen molar-refractivity contribution in [1.29, 1.82) is 0 Å². The van der Waals surface area contributed by atoms with Crippen LogP contribution in [0.5, 0.6) is 0 Å². The first-order valence-corrected chi connectivity index (χ1v) is 4.90. The van der Waals surface area contributed by atoms with Gasteiger partial charge in [0.15, 0.2) is 5.88 Å². The van der Waals surface area contributed by atoms with Gasteiger partial charge < -0.3 is 14.8 Å². The maximum Gasteiger partial charge on any atom is 0.371 e. The molecular formula is C12H15NO3. The molecule has 86 valence electrons. The van der Waals surface area contributed by atoms with Crippen LogP contribution in [0.2, 0.25) is 0 Å². The largest absolute Gasteiger partial charge is 0.475 e. The Labute approximate surface area is 94.7 Å². The van der Waals surface area contributed by atoms with Crippen LogP contribution in [0.1, 0.15) is 31.3 Å². The number of carboxylic acid groups (broad SMARTS) is 1. The summed E-state index contributed by atoms with van der Waals surface area (Å²) in [6.45, 7) is 5.97. The van der Waals surface area contributed by atoms with Gasteiger partial charge >= 0.3 is 5.97 Å². The predicted molar refractivity (Wildman–Crippen MR) is 61.4 cm³/mol. The number of hydrogen-bond acceptors (Lipinski definition) is 3. The fourth-order valence-electron chi connectivity index (χ4n) is 1.18. The number of carbonyl (C=O) groups is 1. The number of aromatic carboxylic acids is 1. The molecule has 0 fully saturated rings. The summed E-state index contributed by atoms with van der Waals surface area (Å²) in [5, 5.41) is 11.7. The molecule has 1 atom stereocenters. The molecule has 0 amide bonds. The molecule has 0 aliphatic heterocycles. The lowest BCUT2D eigenvalue weighted by atomic mass is 9.87. The second-order valence-corrected chi connectivity index (χ2v) is 4.58. The normalized spacial score (nSPS) is 12.9. The number of hydrogen-bond donors (Lipinski definition) is 2. The van der Waals surface area contributed by atoms with Gasteiger partial charge in [0.2, 0.25) is 5.76 Å². The summed E-state index contributed by atoms with van der Waals surface area (Å²) in [6, 6.07) is 2.72. The van der Waals surface area contributed by atoms with Gasteiger partial charge in [0, 0.05) is 6.07 Å². The SMILES string of the molecule is C#CC(Nc1ccc(C(=O)O)o1)C(C)(C)C. The highest BCUT2D eigenvalue weighted by atomic mass is 16.4. The lowest BCUT2D eigenvalue weighted by molar-refractivity contribution is 0.0663. The molecular weight excluding hydrogens is 206 g/mol. The van der Waals surface area contributed by atoms with Crippen LogP contribution >= 0.6 is 0 Å². The lowest BCUT2D eigenvalue weighted by Gasteiger charge is -2.26. The summed E-state index contributed by atoms with van der Waals surface area (Å²) < 4.78 is 5.07. The average Bonchev–Trinajstić information content (AvgIpc) is 2.60. The number of carboxylic acids is 1. The summed E-state index contributed by atoms with van der Waals surface area (Å²) in [6.07, 6.45) is 5.40. The molecule has 16 heavy (non-hydrogen) atoms. The third-order valence-corrected chi connectivity index (χ3v) is 2.14. The summed E-state index contributed by atoms with van der Waals surface area (Å²) >= 11 is 0. The Morgan fingerprint density at radius 2 is 2.19 bits per heavy atom. The Balaban J connectivity index is 2.80. The van der Waals surface area contributed by atoms with Crippen LogP contribution in [0, 0.1) is 17.8 Å². The Bertz CT molecular complexity index is 420. The van der Waals surface area contributed by atoms with E-state index < -0.39 is 5.97 Å². The van der Waals surface area contributed by atoms with Crippen molar-refractivity contribution in [3.8, 4) is 12.3 Å². The number of rotatable bonds is 3. The van der Waals surface area contributed by atoms with Gasteiger partial charge in [-0.15, -0.1) is 6.42 Å². The highest BCUT2D eigenvalue weighted by Gasteiger charge is 2.23. The van der Waals surface area contributed by atoms with Gasteiger partial charge in [-0.05, 0) is 11.5 Å². The van der Waals surface area contributed by atoms with Gasteiger partial charge in [0.05, 0.1) is 6.04 Å². The van der Waals surface area contributed by atoms with Crippen molar-refractivity contribution in [2.75, 3.05) is 5.32 Å². The average molecular weight is 221 g/mol. The summed E-state index contributed by atoms with van der Waals surface area (Å²) in [5.74, 6) is 1.78. The highest BCUT2D eigenvalue weighted by molar-refractivity contribution is 5.84. The van der Waals surface area contributed by atoms with Gasteiger partial charge in [0.25, 0.3) is 0 Å². The predicted octanol–water partition coefficient (Wildman–Crippen LogP) is 2.44. The van der Waals surface area contributed by atoms with E-state index in [0.717, 1.165) is 0 Å². The molecule has 0 aromatic carbocycles. The Morgan fingerprint density at radius 1 is 1.56 bits per heavy atom. The van der Waals surface area contributed by atoms with Crippen molar-refractivity contribution in [1.82, 2.24) is 0 Å². The van der Waals surface area contributed by atoms with Crippen LogP contribution < -0.4 is 5.32 Å². The summed E-state index contributed by atoms with van der Waals surface area (Å²) in [4.78, 5) is 10.6. The molecule has 0 radical (unpaired) electrons. The zero-order chi connectivity index (χ0) is 12.3. The van der Waals surface area contributed by atoms with Crippen molar-refractivity contribution in [2.24, 2.45) is 5.41 Å². The highest BCUT2D eigenvalue weighted by Crippen LogP contribution is 2.23. The molecule has 0 aliphatic carbocycles. The Kier molecular flexibility index (Phi) is 3.28. The minimum Gasteiger partial charge on any atom is -0.475 e. The molecule has 1 unspecified atom stereocenters. The van der Waals surface area contributed by atoms with Crippen molar-refractivity contribution in [2.45, 2.75) is 26.8 Å². The van der Waals surface area contributed by atoms with E-state index in [-0.39, 0.29) is 17.2 Å². The molecule has 0 spiro atoms. The smallest absolute Gasteiger partial charge is 0.371 e. The van der Waals surface area contributed by atoms with Gasteiger partial charge in [-0.1, -0.05) is 26.7 Å². The molecule has 0 saturated carbocycles. The lowest BCUT2D eigenvalue weighted by Crippen LogP contribution is -2.32. The summed E-state index contributed by atoms with van der Waals surface area (Å²) in [7, 11) is 0. The van der Waals surface area contributed by atoms with E-state index in [9.17, 15) is 4.79 Å². The fourth-order valence-corrected chi connectivity index (χ4v) is 1.18.